The van der Waals surface area contributed by atoms with Crippen molar-refractivity contribution in [2.45, 2.75) is 13.3 Å². The molecule has 1 aromatic heterocycles. The van der Waals surface area contributed by atoms with Crippen molar-refractivity contribution in [3.63, 3.8) is 0 Å². The summed E-state index contributed by atoms with van der Waals surface area (Å²) in [7, 11) is -1.74. The van der Waals surface area contributed by atoms with Crippen molar-refractivity contribution in [1.29, 1.82) is 0 Å². The number of hydrogen-bond acceptors (Lipinski definition) is 4. The third-order valence-electron chi connectivity index (χ3n) is 2.66. The van der Waals surface area contributed by atoms with Gasteiger partial charge in [0.25, 0.3) is 0 Å². The second kappa shape index (κ2) is 5.75. The highest BCUT2D eigenvalue weighted by atomic mass is 19.4. The number of benzene rings is 1. The lowest BCUT2D eigenvalue weighted by Gasteiger charge is -2.13. The molecular weight excluding hydrogens is 286 g/mol. The Labute approximate surface area is 119 Å². The fourth-order valence-corrected chi connectivity index (χ4v) is 1.87. The molecule has 0 spiro atoms. The molecule has 2 N–H and O–H groups in total. The molecule has 0 bridgehead atoms. The molecule has 0 unspecified atom stereocenters. The van der Waals surface area contributed by atoms with Crippen LogP contribution >= 0.6 is 0 Å². The smallest absolute Gasteiger partial charge is 0.423 e. The van der Waals surface area contributed by atoms with Gasteiger partial charge in [-0.25, -0.2) is 0 Å². The van der Waals surface area contributed by atoms with Gasteiger partial charge in [0.15, 0.2) is 0 Å². The van der Waals surface area contributed by atoms with Crippen LogP contribution in [0.15, 0.2) is 36.4 Å². The van der Waals surface area contributed by atoms with E-state index in [-0.39, 0.29) is 16.7 Å². The van der Waals surface area contributed by atoms with Gasteiger partial charge in [-0.05, 0) is 36.7 Å². The van der Waals surface area contributed by atoms with E-state index in [2.05, 4.69) is 9.72 Å². The average molecular weight is 297 g/mol. The fourth-order valence-electron chi connectivity index (χ4n) is 1.87. The molecule has 0 radical (unpaired) electrons. The Bertz CT molecular complexity index is 647. The minimum absolute atomic E-state index is 0.112. The summed E-state index contributed by atoms with van der Waals surface area (Å²) in [5.41, 5.74) is 0.857. The summed E-state index contributed by atoms with van der Waals surface area (Å²) in [5.74, 6) is -0.401. The molecule has 2 aromatic rings. The van der Waals surface area contributed by atoms with Crippen LogP contribution in [0.3, 0.4) is 0 Å². The van der Waals surface area contributed by atoms with E-state index >= 15 is 0 Å². The van der Waals surface area contributed by atoms with Crippen LogP contribution in [0, 0.1) is 6.92 Å². The number of hydrogen-bond donors (Lipinski definition) is 2. The highest BCUT2D eigenvalue weighted by Gasteiger charge is 2.32. The monoisotopic (exact) mass is 297 g/mol. The SMILES string of the molecule is Cc1cc(B(O)O)cc(-c2ccccc2OC(F)(F)F)n1. The second-order valence-electron chi connectivity index (χ2n) is 4.34. The van der Waals surface area contributed by atoms with Crippen LogP contribution in [-0.4, -0.2) is 28.5 Å². The van der Waals surface area contributed by atoms with Crippen LogP contribution in [0.4, 0.5) is 13.2 Å². The van der Waals surface area contributed by atoms with E-state index in [1.807, 2.05) is 0 Å². The molecule has 0 saturated heterocycles. The molecule has 1 heterocycles. The molecular formula is C13H11BF3NO3. The number of aromatic nitrogens is 1. The van der Waals surface area contributed by atoms with Crippen LogP contribution < -0.4 is 10.2 Å². The second-order valence-corrected chi connectivity index (χ2v) is 4.34. The van der Waals surface area contributed by atoms with Gasteiger partial charge >= 0.3 is 13.5 Å². The predicted octanol–water partition coefficient (Wildman–Crippen LogP) is 1.64. The largest absolute Gasteiger partial charge is 0.573 e. The summed E-state index contributed by atoms with van der Waals surface area (Å²) in [5, 5.41) is 18.4. The molecule has 0 amide bonds. The molecule has 0 aliphatic rings. The maximum atomic E-state index is 12.4. The summed E-state index contributed by atoms with van der Waals surface area (Å²) >= 11 is 0. The number of pyridine rings is 1. The maximum absolute atomic E-state index is 12.4. The quantitative estimate of drug-likeness (QED) is 0.845. The normalized spacial score (nSPS) is 11.3. The van der Waals surface area contributed by atoms with Crippen molar-refractivity contribution in [1.82, 2.24) is 4.98 Å². The molecule has 4 nitrogen and oxygen atoms in total. The zero-order valence-electron chi connectivity index (χ0n) is 10.9. The van der Waals surface area contributed by atoms with Crippen molar-refractivity contribution in [2.24, 2.45) is 0 Å². The molecule has 0 aliphatic heterocycles. The lowest BCUT2D eigenvalue weighted by atomic mass is 9.79. The Kier molecular flexibility index (Phi) is 4.20. The number of para-hydroxylation sites is 1. The van der Waals surface area contributed by atoms with Crippen molar-refractivity contribution >= 4 is 12.6 Å². The summed E-state index contributed by atoms with van der Waals surface area (Å²) in [4.78, 5) is 4.11. The van der Waals surface area contributed by atoms with Crippen molar-refractivity contribution < 1.29 is 28.0 Å². The van der Waals surface area contributed by atoms with Crippen LogP contribution in [0.2, 0.25) is 0 Å². The van der Waals surface area contributed by atoms with Crippen LogP contribution in [0.5, 0.6) is 5.75 Å². The van der Waals surface area contributed by atoms with Crippen LogP contribution in [-0.2, 0) is 0 Å². The molecule has 0 fully saturated rings. The zero-order chi connectivity index (χ0) is 15.6. The number of ether oxygens (including phenoxy) is 1. The number of halogens is 3. The Morgan fingerprint density at radius 1 is 1.14 bits per heavy atom. The highest BCUT2D eigenvalue weighted by molar-refractivity contribution is 6.58. The highest BCUT2D eigenvalue weighted by Crippen LogP contribution is 2.32. The zero-order valence-corrected chi connectivity index (χ0v) is 10.9. The van der Waals surface area contributed by atoms with Gasteiger partial charge in [-0.1, -0.05) is 12.1 Å². The van der Waals surface area contributed by atoms with E-state index < -0.39 is 19.2 Å². The first-order valence-corrected chi connectivity index (χ1v) is 5.96. The minimum atomic E-state index is -4.82. The van der Waals surface area contributed by atoms with Crippen molar-refractivity contribution in [2.75, 3.05) is 0 Å². The van der Waals surface area contributed by atoms with Gasteiger partial charge in [-0.15, -0.1) is 13.2 Å². The Hall–Kier alpha value is -2.06. The third kappa shape index (κ3) is 3.96. The fraction of sp³-hybridized carbons (Fsp3) is 0.154. The molecule has 2 rings (SSSR count). The number of alkyl halides is 3. The first-order chi connectivity index (χ1) is 9.76. The van der Waals surface area contributed by atoms with Gasteiger partial charge in [0, 0.05) is 11.3 Å². The third-order valence-corrected chi connectivity index (χ3v) is 2.66. The lowest BCUT2D eigenvalue weighted by molar-refractivity contribution is -0.274. The van der Waals surface area contributed by atoms with E-state index in [0.29, 0.717) is 5.69 Å². The van der Waals surface area contributed by atoms with Gasteiger partial charge in [0.2, 0.25) is 0 Å². The predicted molar refractivity (Wildman–Crippen MR) is 70.9 cm³/mol. The maximum Gasteiger partial charge on any atom is 0.573 e. The molecule has 0 atom stereocenters. The molecule has 21 heavy (non-hydrogen) atoms. The topological polar surface area (TPSA) is 62.6 Å². The number of nitrogens with zero attached hydrogens (tertiary/aromatic N) is 1. The van der Waals surface area contributed by atoms with Gasteiger partial charge in [0.05, 0.1) is 5.69 Å². The van der Waals surface area contributed by atoms with E-state index in [1.165, 1.54) is 36.4 Å². The molecule has 1 aromatic carbocycles. The lowest BCUT2D eigenvalue weighted by Crippen LogP contribution is -2.30. The van der Waals surface area contributed by atoms with E-state index in [1.54, 1.807) is 6.92 Å². The Balaban J connectivity index is 2.52. The standard InChI is InChI=1S/C13H11BF3NO3/c1-8-6-9(14(19)20)7-11(18-8)10-4-2-3-5-12(10)21-13(15,16)17/h2-7,19-20H,1H3. The van der Waals surface area contributed by atoms with Crippen molar-refractivity contribution in [3.8, 4) is 17.0 Å². The summed E-state index contributed by atoms with van der Waals surface area (Å²) in [6, 6.07) is 8.26. The van der Waals surface area contributed by atoms with Crippen LogP contribution in [0.1, 0.15) is 5.69 Å². The molecule has 110 valence electrons. The van der Waals surface area contributed by atoms with Gasteiger partial charge < -0.3 is 14.8 Å². The number of rotatable bonds is 3. The minimum Gasteiger partial charge on any atom is -0.423 e. The Morgan fingerprint density at radius 3 is 2.43 bits per heavy atom. The van der Waals surface area contributed by atoms with E-state index in [0.717, 1.165) is 0 Å². The summed E-state index contributed by atoms with van der Waals surface area (Å²) in [6.07, 6.45) is -4.82. The number of aryl methyl sites for hydroxylation is 1. The molecule has 8 heteroatoms. The van der Waals surface area contributed by atoms with E-state index in [4.69, 9.17) is 0 Å². The van der Waals surface area contributed by atoms with Gasteiger partial charge in [-0.2, -0.15) is 0 Å². The summed E-state index contributed by atoms with van der Waals surface area (Å²) < 4.78 is 41.2. The van der Waals surface area contributed by atoms with Gasteiger partial charge in [0.1, 0.15) is 5.75 Å². The first-order valence-electron chi connectivity index (χ1n) is 5.96. The molecule has 0 saturated carbocycles. The molecule has 0 aliphatic carbocycles. The first kappa shape index (κ1) is 15.3. The van der Waals surface area contributed by atoms with Gasteiger partial charge in [-0.3, -0.25) is 4.98 Å². The van der Waals surface area contributed by atoms with Crippen LogP contribution in [0.25, 0.3) is 11.3 Å². The summed E-state index contributed by atoms with van der Waals surface area (Å²) in [6.45, 7) is 1.60. The van der Waals surface area contributed by atoms with E-state index in [9.17, 15) is 23.2 Å². The Morgan fingerprint density at radius 2 is 1.81 bits per heavy atom. The average Bonchev–Trinajstić information content (AvgIpc) is 2.36. The van der Waals surface area contributed by atoms with Crippen molar-refractivity contribution in [3.05, 3.63) is 42.1 Å².